The van der Waals surface area contributed by atoms with Gasteiger partial charge in [0.1, 0.15) is 0 Å². The van der Waals surface area contributed by atoms with E-state index in [9.17, 15) is 4.79 Å². The molecular weight excluding hydrogens is 198 g/mol. The lowest BCUT2D eigenvalue weighted by molar-refractivity contribution is -0.118. The summed E-state index contributed by atoms with van der Waals surface area (Å²) in [5.74, 6) is 0.0347. The second-order valence-electron chi connectivity index (χ2n) is 5.60. The van der Waals surface area contributed by atoms with E-state index in [0.717, 1.165) is 17.6 Å². The molecule has 0 spiro atoms. The van der Waals surface area contributed by atoms with Crippen LogP contribution in [0.4, 0.5) is 0 Å². The zero-order chi connectivity index (χ0) is 11.5. The molecule has 0 heterocycles. The number of fused-ring (bicyclic) bond motifs is 2. The van der Waals surface area contributed by atoms with Crippen LogP contribution in [0.25, 0.3) is 0 Å². The van der Waals surface area contributed by atoms with E-state index in [1.54, 1.807) is 0 Å². The predicted octanol–water partition coefficient (Wildman–Crippen LogP) is 2.41. The summed E-state index contributed by atoms with van der Waals surface area (Å²) in [6, 6.07) is 0. The lowest BCUT2D eigenvalue weighted by atomic mass is 10.0. The van der Waals surface area contributed by atoms with Crippen LogP contribution in [0.5, 0.6) is 0 Å². The van der Waals surface area contributed by atoms with Crippen LogP contribution in [-0.2, 0) is 4.79 Å². The summed E-state index contributed by atoms with van der Waals surface area (Å²) in [7, 11) is 0. The average molecular weight is 213 g/mol. The van der Waals surface area contributed by atoms with Crippen molar-refractivity contribution in [2.45, 2.75) is 32.7 Å². The van der Waals surface area contributed by atoms with E-state index in [0.29, 0.717) is 0 Å². The minimum Gasteiger partial charge on any atom is -0.347 e. The second kappa shape index (κ2) is 2.76. The zero-order valence-electron chi connectivity index (χ0n) is 9.85. The predicted molar refractivity (Wildman–Crippen MR) is 63.8 cm³/mol. The Balaban J connectivity index is 1.91. The first kappa shape index (κ1) is 9.64. The Morgan fingerprint density at radius 3 is 2.69 bits per heavy atom. The molecule has 2 heteroatoms. The molecule has 3 rings (SSSR count). The maximum Gasteiger partial charge on any atom is 0.252 e. The van der Waals surface area contributed by atoms with Crippen LogP contribution in [-0.4, -0.2) is 11.4 Å². The number of hydrogen-bond donors (Lipinski definition) is 1. The highest BCUT2D eigenvalue weighted by molar-refractivity contribution is 6.02. The van der Waals surface area contributed by atoms with Gasteiger partial charge < -0.3 is 5.32 Å². The normalized spacial score (nSPS) is 21.1. The SMILES string of the molecule is CC(C)(C)NC(=O)C1=C2C=C3CC3=C2C=C1. The molecule has 3 aliphatic rings. The fourth-order valence-corrected chi connectivity index (χ4v) is 2.24. The van der Waals surface area contributed by atoms with Gasteiger partial charge in [-0.2, -0.15) is 0 Å². The molecule has 16 heavy (non-hydrogen) atoms. The van der Waals surface area contributed by atoms with Gasteiger partial charge in [-0.25, -0.2) is 0 Å². The molecule has 0 aromatic heterocycles. The highest BCUT2D eigenvalue weighted by Crippen LogP contribution is 2.51. The van der Waals surface area contributed by atoms with E-state index in [-0.39, 0.29) is 11.4 Å². The van der Waals surface area contributed by atoms with Crippen molar-refractivity contribution in [1.29, 1.82) is 0 Å². The van der Waals surface area contributed by atoms with Gasteiger partial charge in [-0.05, 0) is 61.6 Å². The minimum absolute atomic E-state index is 0.0347. The first-order chi connectivity index (χ1) is 7.46. The fraction of sp³-hybridized carbons (Fsp3) is 0.357. The van der Waals surface area contributed by atoms with Gasteiger partial charge >= 0.3 is 0 Å². The molecule has 0 saturated heterocycles. The van der Waals surface area contributed by atoms with Crippen molar-refractivity contribution in [2.75, 3.05) is 0 Å². The molecule has 0 aromatic carbocycles. The van der Waals surface area contributed by atoms with Crippen molar-refractivity contribution in [3.63, 3.8) is 0 Å². The van der Waals surface area contributed by atoms with Gasteiger partial charge in [0.05, 0.1) is 0 Å². The molecule has 2 nitrogen and oxygen atoms in total. The molecule has 0 aromatic rings. The monoisotopic (exact) mass is 213 g/mol. The highest BCUT2D eigenvalue weighted by Gasteiger charge is 2.35. The molecule has 0 bridgehead atoms. The van der Waals surface area contributed by atoms with Gasteiger partial charge in [0, 0.05) is 11.1 Å². The third-order valence-corrected chi connectivity index (χ3v) is 3.00. The van der Waals surface area contributed by atoms with Crippen LogP contribution < -0.4 is 5.32 Å². The number of allylic oxidation sites excluding steroid dienone is 6. The summed E-state index contributed by atoms with van der Waals surface area (Å²) < 4.78 is 0. The summed E-state index contributed by atoms with van der Waals surface area (Å²) in [6.45, 7) is 6.00. The van der Waals surface area contributed by atoms with Crippen LogP contribution in [0.3, 0.4) is 0 Å². The molecule has 0 radical (unpaired) electrons. The molecule has 3 aliphatic carbocycles. The molecule has 1 N–H and O–H groups in total. The van der Waals surface area contributed by atoms with Crippen molar-refractivity contribution in [2.24, 2.45) is 0 Å². The average Bonchev–Trinajstić information content (AvgIpc) is 2.64. The first-order valence-corrected chi connectivity index (χ1v) is 5.65. The molecule has 82 valence electrons. The number of hydrogen-bond acceptors (Lipinski definition) is 1. The number of nitrogens with one attached hydrogen (secondary N) is 1. The molecule has 0 unspecified atom stereocenters. The number of carbonyl (C=O) groups excluding carboxylic acids is 1. The summed E-state index contributed by atoms with van der Waals surface area (Å²) >= 11 is 0. The fourth-order valence-electron chi connectivity index (χ4n) is 2.24. The Hall–Kier alpha value is -1.57. The van der Waals surface area contributed by atoms with Gasteiger partial charge in [-0.3, -0.25) is 4.79 Å². The molecule has 0 atom stereocenters. The van der Waals surface area contributed by atoms with E-state index in [2.05, 4.69) is 17.5 Å². The Morgan fingerprint density at radius 2 is 2.00 bits per heavy atom. The summed E-state index contributed by atoms with van der Waals surface area (Å²) in [6.07, 6.45) is 7.28. The maximum absolute atomic E-state index is 12.1. The van der Waals surface area contributed by atoms with E-state index < -0.39 is 0 Å². The van der Waals surface area contributed by atoms with Crippen molar-refractivity contribution in [3.8, 4) is 0 Å². The Labute approximate surface area is 95.4 Å². The van der Waals surface area contributed by atoms with Crippen molar-refractivity contribution in [3.05, 3.63) is 46.1 Å². The lowest BCUT2D eigenvalue weighted by Gasteiger charge is -2.20. The summed E-state index contributed by atoms with van der Waals surface area (Å²) in [4.78, 5) is 12.1. The molecule has 1 saturated carbocycles. The maximum atomic E-state index is 12.1. The quantitative estimate of drug-likeness (QED) is 0.712. The molecule has 0 aliphatic heterocycles. The van der Waals surface area contributed by atoms with E-state index in [1.165, 1.54) is 16.7 Å². The summed E-state index contributed by atoms with van der Waals surface area (Å²) in [5, 5.41) is 3.00. The Morgan fingerprint density at radius 1 is 1.25 bits per heavy atom. The van der Waals surface area contributed by atoms with Gasteiger partial charge in [-0.15, -0.1) is 0 Å². The number of amides is 1. The van der Waals surface area contributed by atoms with Crippen LogP contribution in [0.1, 0.15) is 27.2 Å². The van der Waals surface area contributed by atoms with Crippen LogP contribution in [0.2, 0.25) is 0 Å². The van der Waals surface area contributed by atoms with Crippen LogP contribution in [0, 0.1) is 0 Å². The molecular formula is C14H15NO. The largest absolute Gasteiger partial charge is 0.347 e. The molecule has 1 fully saturated rings. The Bertz CT molecular complexity index is 521. The van der Waals surface area contributed by atoms with Gasteiger partial charge in [0.2, 0.25) is 0 Å². The van der Waals surface area contributed by atoms with Crippen LogP contribution >= 0.6 is 0 Å². The highest BCUT2D eigenvalue weighted by atomic mass is 16.1. The summed E-state index contributed by atoms with van der Waals surface area (Å²) in [5.41, 5.74) is 5.88. The first-order valence-electron chi connectivity index (χ1n) is 5.65. The van der Waals surface area contributed by atoms with Crippen molar-refractivity contribution >= 4 is 5.91 Å². The van der Waals surface area contributed by atoms with Crippen molar-refractivity contribution in [1.82, 2.24) is 5.32 Å². The molecule has 1 amide bonds. The second-order valence-corrected chi connectivity index (χ2v) is 5.60. The minimum atomic E-state index is -0.178. The van der Waals surface area contributed by atoms with Crippen molar-refractivity contribution < 1.29 is 4.79 Å². The standard InChI is InChI=1S/C14H15NO/c1-14(2,3)15-13(16)10-5-4-9-11-6-8(11)7-12(9)10/h4-5,7H,6H2,1-3H3,(H,15,16). The number of rotatable bonds is 1. The van der Waals surface area contributed by atoms with E-state index in [1.807, 2.05) is 26.8 Å². The van der Waals surface area contributed by atoms with E-state index >= 15 is 0 Å². The smallest absolute Gasteiger partial charge is 0.252 e. The zero-order valence-corrected chi connectivity index (χ0v) is 9.85. The van der Waals surface area contributed by atoms with E-state index in [4.69, 9.17) is 0 Å². The van der Waals surface area contributed by atoms with Crippen LogP contribution in [0.15, 0.2) is 46.1 Å². The number of carbonyl (C=O) groups is 1. The van der Waals surface area contributed by atoms with Gasteiger partial charge in [-0.1, -0.05) is 6.08 Å². The lowest BCUT2D eigenvalue weighted by Crippen LogP contribution is -2.41. The van der Waals surface area contributed by atoms with Gasteiger partial charge in [0.25, 0.3) is 5.91 Å². The Kier molecular flexibility index (Phi) is 1.66. The third kappa shape index (κ3) is 1.37. The topological polar surface area (TPSA) is 29.1 Å². The van der Waals surface area contributed by atoms with Gasteiger partial charge in [0.15, 0.2) is 0 Å². The third-order valence-electron chi connectivity index (χ3n) is 3.00.